The van der Waals surface area contributed by atoms with Gasteiger partial charge in [0.15, 0.2) is 0 Å². The lowest BCUT2D eigenvalue weighted by Gasteiger charge is -2.27. The van der Waals surface area contributed by atoms with Crippen LogP contribution in [0.25, 0.3) is 0 Å². The maximum Gasteiger partial charge on any atom is 0.321 e. The molecule has 0 aliphatic carbocycles. The second-order valence-electron chi connectivity index (χ2n) is 8.73. The predicted octanol–water partition coefficient (Wildman–Crippen LogP) is 4.17. The van der Waals surface area contributed by atoms with Crippen LogP contribution in [0.4, 0.5) is 0 Å². The smallest absolute Gasteiger partial charge is 0.321 e. The Morgan fingerprint density at radius 1 is 1.24 bits per heavy atom. The molecule has 0 amide bonds. The van der Waals surface area contributed by atoms with E-state index in [1.165, 1.54) is 11.1 Å². The highest BCUT2D eigenvalue weighted by Crippen LogP contribution is 2.35. The molecule has 5 heteroatoms. The van der Waals surface area contributed by atoms with E-state index in [1.54, 1.807) is 11.8 Å². The van der Waals surface area contributed by atoms with Crippen molar-refractivity contribution in [3.05, 3.63) is 29.3 Å². The van der Waals surface area contributed by atoms with E-state index < -0.39 is 12.0 Å². The van der Waals surface area contributed by atoms with E-state index in [4.69, 9.17) is 9.84 Å². The van der Waals surface area contributed by atoms with Gasteiger partial charge in [-0.05, 0) is 28.0 Å². The number of thioether (sulfide) groups is 1. The van der Waals surface area contributed by atoms with Crippen molar-refractivity contribution < 1.29 is 14.6 Å². The third-order valence-corrected chi connectivity index (χ3v) is 5.74. The van der Waals surface area contributed by atoms with Gasteiger partial charge < -0.3 is 9.84 Å². The van der Waals surface area contributed by atoms with Crippen molar-refractivity contribution in [3.63, 3.8) is 0 Å². The number of carboxylic acids is 1. The lowest BCUT2D eigenvalue weighted by Crippen LogP contribution is -2.37. The normalized spacial score (nSPS) is 21.4. The molecule has 2 rings (SSSR count). The first-order chi connectivity index (χ1) is 11.5. The topological polar surface area (TPSA) is 58.6 Å². The van der Waals surface area contributed by atoms with E-state index in [0.717, 1.165) is 12.2 Å². The van der Waals surface area contributed by atoms with Crippen molar-refractivity contribution in [2.75, 3.05) is 12.4 Å². The number of nitrogens with one attached hydrogen (secondary N) is 1. The lowest BCUT2D eigenvalue weighted by molar-refractivity contribution is -0.138. The first-order valence-electron chi connectivity index (χ1n) is 8.87. The summed E-state index contributed by atoms with van der Waals surface area (Å²) in [5.41, 5.74) is 2.64. The van der Waals surface area contributed by atoms with Gasteiger partial charge in [0, 0.05) is 12.2 Å². The van der Waals surface area contributed by atoms with Gasteiger partial charge >= 0.3 is 5.97 Å². The van der Waals surface area contributed by atoms with Gasteiger partial charge in [0.2, 0.25) is 0 Å². The molecule has 1 aliphatic rings. The molecule has 2 atom stereocenters. The maximum atomic E-state index is 11.0. The van der Waals surface area contributed by atoms with E-state index in [0.29, 0.717) is 12.4 Å². The maximum absolute atomic E-state index is 11.0. The fourth-order valence-electron chi connectivity index (χ4n) is 2.83. The van der Waals surface area contributed by atoms with E-state index >= 15 is 0 Å². The van der Waals surface area contributed by atoms with Crippen LogP contribution in [0, 0.1) is 0 Å². The molecule has 25 heavy (non-hydrogen) atoms. The number of carboxylic acid groups (broad SMARTS) is 1. The first kappa shape index (κ1) is 20.1. The van der Waals surface area contributed by atoms with Crippen LogP contribution in [0.5, 0.6) is 5.75 Å². The molecule has 140 valence electrons. The largest absolute Gasteiger partial charge is 0.493 e. The van der Waals surface area contributed by atoms with Crippen LogP contribution in [-0.4, -0.2) is 34.9 Å². The van der Waals surface area contributed by atoms with Crippen LogP contribution in [0.2, 0.25) is 0 Å². The predicted molar refractivity (Wildman–Crippen MR) is 105 cm³/mol. The van der Waals surface area contributed by atoms with Crippen molar-refractivity contribution in [2.24, 2.45) is 0 Å². The first-order valence-corrected chi connectivity index (χ1v) is 9.91. The summed E-state index contributed by atoms with van der Waals surface area (Å²) < 4.78 is 6.09. The minimum absolute atomic E-state index is 0.00531. The summed E-state index contributed by atoms with van der Waals surface area (Å²) in [7, 11) is 0. The minimum atomic E-state index is -0.774. The summed E-state index contributed by atoms with van der Waals surface area (Å²) in [6.45, 7) is 13.8. The summed E-state index contributed by atoms with van der Waals surface area (Å²) in [6, 6.07) is 6.05. The summed E-state index contributed by atoms with van der Waals surface area (Å²) in [6.07, 6.45) is 0.791. The van der Waals surface area contributed by atoms with Gasteiger partial charge in [0.25, 0.3) is 0 Å². The van der Waals surface area contributed by atoms with Gasteiger partial charge in [-0.1, -0.05) is 53.7 Å². The van der Waals surface area contributed by atoms with E-state index in [2.05, 4.69) is 65.1 Å². The minimum Gasteiger partial charge on any atom is -0.493 e. The van der Waals surface area contributed by atoms with Crippen LogP contribution < -0.4 is 10.1 Å². The molecule has 1 heterocycles. The molecule has 0 saturated carbocycles. The van der Waals surface area contributed by atoms with E-state index in [9.17, 15) is 4.79 Å². The number of hydrogen-bond donors (Lipinski definition) is 2. The van der Waals surface area contributed by atoms with Crippen molar-refractivity contribution in [1.29, 1.82) is 0 Å². The molecule has 0 aromatic heterocycles. The molecule has 1 fully saturated rings. The molecule has 1 aliphatic heterocycles. The molecular weight excluding hydrogens is 334 g/mol. The molecule has 4 nitrogen and oxygen atoms in total. The number of carbonyl (C=O) groups is 1. The number of ether oxygens (including phenoxy) is 1. The highest BCUT2D eigenvalue weighted by Gasteiger charge is 2.29. The second-order valence-corrected chi connectivity index (χ2v) is 9.96. The van der Waals surface area contributed by atoms with Crippen molar-refractivity contribution in [1.82, 2.24) is 5.32 Å². The lowest BCUT2D eigenvalue weighted by atomic mass is 9.80. The zero-order valence-electron chi connectivity index (χ0n) is 16.2. The van der Waals surface area contributed by atoms with Gasteiger partial charge in [-0.2, -0.15) is 0 Å². The quantitative estimate of drug-likeness (QED) is 0.820. The van der Waals surface area contributed by atoms with Gasteiger partial charge in [-0.3, -0.25) is 10.1 Å². The summed E-state index contributed by atoms with van der Waals surface area (Å²) in [5.74, 6) is 0.773. The van der Waals surface area contributed by atoms with Crippen molar-refractivity contribution >= 4 is 17.7 Å². The zero-order chi connectivity index (χ0) is 18.8. The summed E-state index contributed by atoms with van der Waals surface area (Å²) in [4.78, 5) is 11.0. The average molecular weight is 366 g/mol. The Morgan fingerprint density at radius 2 is 1.92 bits per heavy atom. The molecule has 2 unspecified atom stereocenters. The fraction of sp³-hybridized carbons (Fsp3) is 0.650. The molecule has 0 radical (unpaired) electrons. The highest BCUT2D eigenvalue weighted by molar-refractivity contribution is 8.00. The standard InChI is InChI=1S/C20H31NO3S/c1-19(2,3)13-7-8-16(14(11-13)20(4,5)6)24-10-9-17-21-15(12-25-17)18(22)23/h7-8,11,15,17,21H,9-10,12H2,1-6H3,(H,22,23). The molecule has 1 saturated heterocycles. The Labute approximate surface area is 155 Å². The number of rotatable bonds is 5. The molecule has 1 aromatic rings. The fourth-order valence-corrected chi connectivity index (χ4v) is 4.01. The van der Waals surface area contributed by atoms with E-state index in [-0.39, 0.29) is 16.2 Å². The Balaban J connectivity index is 2.03. The Bertz CT molecular complexity index is 616. The Kier molecular flexibility index (Phi) is 6.10. The van der Waals surface area contributed by atoms with Crippen molar-refractivity contribution in [3.8, 4) is 5.75 Å². The van der Waals surface area contributed by atoms with Crippen LogP contribution in [0.15, 0.2) is 18.2 Å². The number of aliphatic carboxylic acids is 1. The average Bonchev–Trinajstić information content (AvgIpc) is 2.94. The van der Waals surface area contributed by atoms with E-state index in [1.807, 2.05) is 0 Å². The second kappa shape index (κ2) is 7.58. The highest BCUT2D eigenvalue weighted by atomic mass is 32.2. The van der Waals surface area contributed by atoms with Gasteiger partial charge in [-0.15, -0.1) is 11.8 Å². The Morgan fingerprint density at radius 3 is 2.44 bits per heavy atom. The van der Waals surface area contributed by atoms with Crippen molar-refractivity contribution in [2.45, 2.75) is 70.2 Å². The summed E-state index contributed by atoms with van der Waals surface area (Å²) >= 11 is 1.66. The molecule has 0 bridgehead atoms. The van der Waals surface area contributed by atoms with Gasteiger partial charge in [0.1, 0.15) is 11.8 Å². The summed E-state index contributed by atoms with van der Waals surface area (Å²) in [5, 5.41) is 12.3. The van der Waals surface area contributed by atoms with Crippen LogP contribution in [-0.2, 0) is 15.6 Å². The molecule has 0 spiro atoms. The van der Waals surface area contributed by atoms with Crippen LogP contribution in [0.1, 0.15) is 59.1 Å². The van der Waals surface area contributed by atoms with Gasteiger partial charge in [0.05, 0.1) is 12.0 Å². The zero-order valence-corrected chi connectivity index (χ0v) is 17.0. The SMILES string of the molecule is CC(C)(C)c1ccc(OCCC2NC(C(=O)O)CS2)c(C(C)(C)C)c1. The van der Waals surface area contributed by atoms with Crippen LogP contribution >= 0.6 is 11.8 Å². The number of benzene rings is 1. The monoisotopic (exact) mass is 365 g/mol. The third kappa shape index (κ3) is 5.38. The number of hydrogen-bond acceptors (Lipinski definition) is 4. The molecular formula is C20H31NO3S. The third-order valence-electron chi connectivity index (χ3n) is 4.44. The molecule has 2 N–H and O–H groups in total. The van der Waals surface area contributed by atoms with Crippen LogP contribution in [0.3, 0.4) is 0 Å². The molecule has 1 aromatic carbocycles. The Hall–Kier alpha value is -1.20. The van der Waals surface area contributed by atoms with Gasteiger partial charge in [-0.25, -0.2) is 0 Å².